The molecule has 0 unspecified atom stereocenters. The first-order valence-electron chi connectivity index (χ1n) is 11.0. The molecule has 8 heteroatoms. The average molecular weight is 440 g/mol. The highest BCUT2D eigenvalue weighted by atomic mass is 16.2. The summed E-state index contributed by atoms with van der Waals surface area (Å²) < 4.78 is 0. The number of hydrogen-bond donors (Lipinski definition) is 2. The summed E-state index contributed by atoms with van der Waals surface area (Å²) in [6.07, 6.45) is 3.31. The van der Waals surface area contributed by atoms with E-state index in [1.165, 1.54) is 0 Å². The number of nitrogens with one attached hydrogen (secondary N) is 2. The highest BCUT2D eigenvalue weighted by molar-refractivity contribution is 5.93. The average Bonchev–Trinajstić information content (AvgIpc) is 2.84. The molecule has 4 aromatic rings. The van der Waals surface area contributed by atoms with Crippen molar-refractivity contribution in [3.63, 3.8) is 0 Å². The van der Waals surface area contributed by atoms with Crippen LogP contribution in [0.1, 0.15) is 5.56 Å². The van der Waals surface area contributed by atoms with Gasteiger partial charge in [0.25, 0.3) is 0 Å². The zero-order chi connectivity index (χ0) is 22.6. The van der Waals surface area contributed by atoms with E-state index in [4.69, 9.17) is 0 Å². The molecule has 5 rings (SSSR count). The number of fused-ring (bicyclic) bond motifs is 1. The van der Waals surface area contributed by atoms with Gasteiger partial charge in [-0.2, -0.15) is 0 Å². The molecule has 1 saturated heterocycles. The molecule has 0 atom stereocenters. The predicted octanol–water partition coefficient (Wildman–Crippen LogP) is 4.43. The van der Waals surface area contributed by atoms with Gasteiger partial charge in [0.05, 0.1) is 0 Å². The Hall–Kier alpha value is -4.20. The van der Waals surface area contributed by atoms with E-state index in [2.05, 4.69) is 36.6 Å². The number of benzene rings is 2. The van der Waals surface area contributed by atoms with Gasteiger partial charge in [-0.05, 0) is 47.5 Å². The Bertz CT molecular complexity index is 1280. The zero-order valence-electron chi connectivity index (χ0n) is 18.4. The normalized spacial score (nSPS) is 13.7. The monoisotopic (exact) mass is 439 g/mol. The van der Waals surface area contributed by atoms with Crippen molar-refractivity contribution in [2.45, 2.75) is 6.92 Å². The zero-order valence-corrected chi connectivity index (χ0v) is 18.4. The summed E-state index contributed by atoms with van der Waals surface area (Å²) >= 11 is 0. The number of amides is 2. The molecule has 0 saturated carbocycles. The molecule has 1 aliphatic rings. The Morgan fingerprint density at radius 1 is 0.848 bits per heavy atom. The van der Waals surface area contributed by atoms with E-state index >= 15 is 0 Å². The van der Waals surface area contributed by atoms with Gasteiger partial charge < -0.3 is 20.4 Å². The van der Waals surface area contributed by atoms with Crippen LogP contribution in [0.3, 0.4) is 0 Å². The van der Waals surface area contributed by atoms with Gasteiger partial charge in [-0.15, -0.1) is 0 Å². The van der Waals surface area contributed by atoms with Crippen LogP contribution in [0, 0.1) is 6.92 Å². The van der Waals surface area contributed by atoms with Crippen molar-refractivity contribution in [2.24, 2.45) is 0 Å². The maximum atomic E-state index is 12.8. The number of aromatic nitrogens is 3. The van der Waals surface area contributed by atoms with E-state index in [0.29, 0.717) is 32.0 Å². The Labute approximate surface area is 192 Å². The van der Waals surface area contributed by atoms with Crippen molar-refractivity contribution in [1.29, 1.82) is 0 Å². The van der Waals surface area contributed by atoms with Gasteiger partial charge in [-0.3, -0.25) is 0 Å². The van der Waals surface area contributed by atoms with Crippen LogP contribution >= 0.6 is 0 Å². The van der Waals surface area contributed by atoms with Gasteiger partial charge in [-0.25, -0.2) is 19.7 Å². The van der Waals surface area contributed by atoms with E-state index < -0.39 is 0 Å². The first-order valence-corrected chi connectivity index (χ1v) is 11.0. The summed E-state index contributed by atoms with van der Waals surface area (Å²) in [5, 5.41) is 8.51. The maximum absolute atomic E-state index is 12.8. The number of carbonyl (C=O) groups excluding carboxylic acids is 1. The first-order chi connectivity index (χ1) is 16.1. The van der Waals surface area contributed by atoms with E-state index in [1.807, 2.05) is 66.4 Å². The third kappa shape index (κ3) is 4.85. The summed E-state index contributed by atoms with van der Waals surface area (Å²) in [6, 6.07) is 19.8. The number of rotatable bonds is 4. The Morgan fingerprint density at radius 2 is 1.64 bits per heavy atom. The van der Waals surface area contributed by atoms with Crippen LogP contribution in [-0.2, 0) is 0 Å². The van der Waals surface area contributed by atoms with Crippen LogP contribution < -0.4 is 15.5 Å². The van der Waals surface area contributed by atoms with Gasteiger partial charge >= 0.3 is 6.03 Å². The van der Waals surface area contributed by atoms with Gasteiger partial charge in [0.15, 0.2) is 0 Å². The van der Waals surface area contributed by atoms with Crippen LogP contribution in [-0.4, -0.2) is 52.1 Å². The van der Waals surface area contributed by atoms with E-state index in [9.17, 15) is 4.79 Å². The van der Waals surface area contributed by atoms with Crippen LogP contribution in [0.4, 0.5) is 27.9 Å². The molecule has 2 aromatic heterocycles. The molecule has 166 valence electrons. The van der Waals surface area contributed by atoms with Crippen LogP contribution in [0.25, 0.3) is 10.8 Å². The van der Waals surface area contributed by atoms with E-state index in [0.717, 1.165) is 33.7 Å². The van der Waals surface area contributed by atoms with Crippen molar-refractivity contribution in [1.82, 2.24) is 19.9 Å². The number of hydrogen-bond acceptors (Lipinski definition) is 6. The summed E-state index contributed by atoms with van der Waals surface area (Å²) in [4.78, 5) is 29.8. The Balaban J connectivity index is 1.19. The summed E-state index contributed by atoms with van der Waals surface area (Å²) in [7, 11) is 0. The number of piperazine rings is 1. The van der Waals surface area contributed by atoms with E-state index in [1.54, 1.807) is 12.5 Å². The maximum Gasteiger partial charge on any atom is 0.321 e. The lowest BCUT2D eigenvalue weighted by Gasteiger charge is -2.35. The Morgan fingerprint density at radius 3 is 2.45 bits per heavy atom. The fourth-order valence-corrected chi connectivity index (χ4v) is 3.93. The highest BCUT2D eigenvalue weighted by Crippen LogP contribution is 2.21. The van der Waals surface area contributed by atoms with Crippen molar-refractivity contribution in [3.8, 4) is 0 Å². The van der Waals surface area contributed by atoms with Crippen LogP contribution in [0.15, 0.2) is 73.2 Å². The second kappa shape index (κ2) is 9.12. The van der Waals surface area contributed by atoms with Crippen LogP contribution in [0.5, 0.6) is 0 Å². The highest BCUT2D eigenvalue weighted by Gasteiger charge is 2.22. The predicted molar refractivity (Wildman–Crippen MR) is 131 cm³/mol. The van der Waals surface area contributed by atoms with Crippen molar-refractivity contribution in [3.05, 3.63) is 78.8 Å². The molecule has 0 bridgehead atoms. The summed E-state index contributed by atoms with van der Waals surface area (Å²) in [6.45, 7) is 4.65. The van der Waals surface area contributed by atoms with Crippen molar-refractivity contribution < 1.29 is 4.79 Å². The molecular weight excluding hydrogens is 414 g/mol. The van der Waals surface area contributed by atoms with Crippen molar-refractivity contribution in [2.75, 3.05) is 41.7 Å². The third-order valence-corrected chi connectivity index (χ3v) is 5.72. The molecule has 2 aromatic carbocycles. The second-order valence-corrected chi connectivity index (χ2v) is 8.07. The quantitative estimate of drug-likeness (QED) is 0.489. The molecule has 3 heterocycles. The van der Waals surface area contributed by atoms with E-state index in [-0.39, 0.29) is 6.03 Å². The number of pyridine rings is 1. The van der Waals surface area contributed by atoms with Crippen molar-refractivity contribution >= 4 is 39.9 Å². The molecule has 0 spiro atoms. The fraction of sp³-hybridized carbons (Fsp3) is 0.200. The number of nitrogens with zero attached hydrogens (tertiary/aromatic N) is 5. The number of anilines is 4. The van der Waals surface area contributed by atoms with Gasteiger partial charge in [0, 0.05) is 44.1 Å². The smallest absolute Gasteiger partial charge is 0.321 e. The molecule has 1 fully saturated rings. The number of urea groups is 1. The van der Waals surface area contributed by atoms with Crippen LogP contribution in [0.2, 0.25) is 0 Å². The minimum atomic E-state index is -0.0829. The SMILES string of the molecule is Cc1ccnc(Nc2cc(N3CCN(C(=O)Nc4ccc5ccccc5c4)CC3)ncn2)c1. The molecule has 0 radical (unpaired) electrons. The fourth-order valence-electron chi connectivity index (χ4n) is 3.93. The van der Waals surface area contributed by atoms with Gasteiger partial charge in [-0.1, -0.05) is 30.3 Å². The molecular formula is C25H25N7O. The minimum absolute atomic E-state index is 0.0829. The molecule has 2 N–H and O–H groups in total. The number of aryl methyl sites for hydroxylation is 1. The lowest BCUT2D eigenvalue weighted by molar-refractivity contribution is 0.208. The Kier molecular flexibility index (Phi) is 5.72. The summed E-state index contributed by atoms with van der Waals surface area (Å²) in [5.41, 5.74) is 1.93. The first kappa shape index (κ1) is 20.7. The molecule has 0 aliphatic carbocycles. The largest absolute Gasteiger partial charge is 0.353 e. The van der Waals surface area contributed by atoms with Gasteiger partial charge in [0.1, 0.15) is 23.8 Å². The summed E-state index contributed by atoms with van der Waals surface area (Å²) in [5.74, 6) is 2.26. The molecule has 33 heavy (non-hydrogen) atoms. The lowest BCUT2D eigenvalue weighted by Crippen LogP contribution is -2.50. The molecule has 8 nitrogen and oxygen atoms in total. The number of carbonyl (C=O) groups is 1. The standard InChI is InChI=1S/C25H25N7O/c1-18-8-9-26-22(14-18)30-23-16-24(28-17-27-23)31-10-12-32(13-11-31)25(33)29-21-7-6-19-4-2-3-5-20(19)15-21/h2-9,14-17H,10-13H2,1H3,(H,29,33)(H,26,27,28,30). The van der Waals surface area contributed by atoms with Gasteiger partial charge in [0.2, 0.25) is 0 Å². The third-order valence-electron chi connectivity index (χ3n) is 5.72. The lowest BCUT2D eigenvalue weighted by atomic mass is 10.1. The minimum Gasteiger partial charge on any atom is -0.353 e. The second-order valence-electron chi connectivity index (χ2n) is 8.07. The molecule has 2 amide bonds. The molecule has 1 aliphatic heterocycles. The topological polar surface area (TPSA) is 86.3 Å².